The molecule has 4 rings (SSSR count). The number of methoxy groups -OCH3 is 2. The summed E-state index contributed by atoms with van der Waals surface area (Å²) in [6.45, 7) is 6.89. The highest BCUT2D eigenvalue weighted by atomic mass is 16.6. The second-order valence-corrected chi connectivity index (χ2v) is 9.17. The van der Waals surface area contributed by atoms with Crippen LogP contribution in [0.4, 0.5) is 9.59 Å². The van der Waals surface area contributed by atoms with Crippen molar-refractivity contribution in [3.63, 3.8) is 0 Å². The highest BCUT2D eigenvalue weighted by Crippen LogP contribution is 2.48. The molecule has 9 heteroatoms. The topological polar surface area (TPSA) is 95.6 Å². The van der Waals surface area contributed by atoms with Gasteiger partial charge < -0.3 is 23.7 Å². The van der Waals surface area contributed by atoms with E-state index < -0.39 is 36.5 Å². The molecular weight excluding hydrogens is 476 g/mol. The minimum Gasteiger partial charge on any atom is -0.493 e. The van der Waals surface area contributed by atoms with Crippen LogP contribution in [0.5, 0.6) is 17.2 Å². The van der Waals surface area contributed by atoms with E-state index in [0.29, 0.717) is 17.2 Å². The summed E-state index contributed by atoms with van der Waals surface area (Å²) >= 11 is 0. The fraction of sp³-hybridized carbons (Fsp3) is 0.357. The van der Waals surface area contributed by atoms with Gasteiger partial charge in [0.05, 0.1) is 32.3 Å². The number of hydrogen-bond acceptors (Lipinski definition) is 7. The molecule has 0 spiro atoms. The number of carbonyl (C=O) groups excluding carboxylic acids is 2. The quantitative estimate of drug-likeness (QED) is 0.433. The molecule has 0 saturated heterocycles. The molecule has 3 aromatic rings. The number of fused-ring (bicyclic) bond motifs is 3. The number of benzene rings is 3. The highest BCUT2D eigenvalue weighted by Gasteiger charge is 2.45. The maximum atomic E-state index is 13.3. The minimum atomic E-state index is -0.982. The Morgan fingerprint density at radius 2 is 1.59 bits per heavy atom. The van der Waals surface area contributed by atoms with Crippen LogP contribution in [0.2, 0.25) is 0 Å². The molecule has 1 heterocycles. The van der Waals surface area contributed by atoms with Gasteiger partial charge in [-0.25, -0.2) is 15.0 Å². The van der Waals surface area contributed by atoms with Gasteiger partial charge in [-0.05, 0) is 62.2 Å². The number of carbonyl (C=O) groups is 2. The van der Waals surface area contributed by atoms with E-state index in [1.165, 1.54) is 0 Å². The van der Waals surface area contributed by atoms with E-state index in [1.54, 1.807) is 48.0 Å². The van der Waals surface area contributed by atoms with Gasteiger partial charge in [0.25, 0.3) is 0 Å². The molecular formula is C28H32N2O7. The molecule has 1 aliphatic heterocycles. The van der Waals surface area contributed by atoms with Crippen molar-refractivity contribution in [2.75, 3.05) is 14.2 Å². The summed E-state index contributed by atoms with van der Waals surface area (Å²) in [6, 6.07) is 17.3. The van der Waals surface area contributed by atoms with Crippen molar-refractivity contribution >= 4 is 23.0 Å². The molecule has 2 amide bonds. The van der Waals surface area contributed by atoms with Crippen LogP contribution in [0.25, 0.3) is 10.8 Å². The highest BCUT2D eigenvalue weighted by molar-refractivity contribution is 5.90. The number of ether oxygens (including phenoxy) is 5. The predicted molar refractivity (Wildman–Crippen MR) is 138 cm³/mol. The number of nitrogens with zero attached hydrogens (tertiary/aromatic N) is 1. The van der Waals surface area contributed by atoms with Crippen LogP contribution >= 0.6 is 0 Å². The van der Waals surface area contributed by atoms with E-state index in [4.69, 9.17) is 23.7 Å². The van der Waals surface area contributed by atoms with E-state index >= 15 is 0 Å². The van der Waals surface area contributed by atoms with Crippen LogP contribution in [0.1, 0.15) is 44.7 Å². The van der Waals surface area contributed by atoms with Crippen LogP contribution in [0, 0.1) is 0 Å². The van der Waals surface area contributed by atoms with Crippen LogP contribution in [0.3, 0.4) is 0 Å². The fourth-order valence-electron chi connectivity index (χ4n) is 4.43. The average Bonchev–Trinajstić information content (AvgIpc) is 3.25. The van der Waals surface area contributed by atoms with Gasteiger partial charge in [0.2, 0.25) is 6.23 Å². The number of amides is 2. The summed E-state index contributed by atoms with van der Waals surface area (Å²) in [7, 11) is 3.12. The summed E-state index contributed by atoms with van der Waals surface area (Å²) < 4.78 is 28.1. The average molecular weight is 509 g/mol. The fourth-order valence-corrected chi connectivity index (χ4v) is 4.43. The molecule has 3 aromatic carbocycles. The van der Waals surface area contributed by atoms with E-state index in [-0.39, 0.29) is 0 Å². The Kier molecular flexibility index (Phi) is 7.61. The number of nitrogens with one attached hydrogen (secondary N) is 1. The Labute approximate surface area is 216 Å². The van der Waals surface area contributed by atoms with E-state index in [9.17, 15) is 9.59 Å². The maximum Gasteiger partial charge on any atom is 0.432 e. The summed E-state index contributed by atoms with van der Waals surface area (Å²) in [6.07, 6.45) is -3.38. The van der Waals surface area contributed by atoms with Crippen molar-refractivity contribution in [2.45, 2.75) is 52.0 Å². The molecule has 0 radical (unpaired) electrons. The lowest BCUT2D eigenvalue weighted by atomic mass is 9.87. The Balaban J connectivity index is 1.88. The second-order valence-electron chi connectivity index (χ2n) is 9.17. The standard InChI is InChI=1S/C28H32N2O7/c1-16(2)35-27(31)29-30(28(32)36-17(3)4)26-24(19-12-13-21(33-5)23(15-19)34-6)25-20-10-8-7-9-18(20)11-14-22(25)37-26/h7-17,24,26H,1-6H3,(H,29,31)/t24-,26-/m0/s1. The molecule has 0 saturated carbocycles. The van der Waals surface area contributed by atoms with Crippen molar-refractivity contribution in [1.82, 2.24) is 10.4 Å². The Hall–Kier alpha value is -4.14. The van der Waals surface area contributed by atoms with Crippen molar-refractivity contribution in [1.29, 1.82) is 0 Å². The van der Waals surface area contributed by atoms with Crippen molar-refractivity contribution in [3.05, 3.63) is 65.7 Å². The lowest BCUT2D eigenvalue weighted by Gasteiger charge is -2.32. The molecule has 9 nitrogen and oxygen atoms in total. The first-order chi connectivity index (χ1) is 17.7. The van der Waals surface area contributed by atoms with E-state index in [0.717, 1.165) is 26.9 Å². The Bertz CT molecular complexity index is 1290. The van der Waals surface area contributed by atoms with Gasteiger partial charge in [-0.15, -0.1) is 0 Å². The lowest BCUT2D eigenvalue weighted by molar-refractivity contribution is -0.0212. The summed E-state index contributed by atoms with van der Waals surface area (Å²) in [5.74, 6) is 1.16. The van der Waals surface area contributed by atoms with Gasteiger partial charge in [0, 0.05) is 5.56 Å². The summed E-state index contributed by atoms with van der Waals surface area (Å²) in [5, 5.41) is 3.03. The normalized spacial score (nSPS) is 16.2. The van der Waals surface area contributed by atoms with E-state index in [2.05, 4.69) is 5.43 Å². The first-order valence-corrected chi connectivity index (χ1v) is 12.1. The van der Waals surface area contributed by atoms with Crippen LogP contribution in [-0.4, -0.2) is 49.9 Å². The second kappa shape index (κ2) is 10.9. The largest absolute Gasteiger partial charge is 0.493 e. The first-order valence-electron chi connectivity index (χ1n) is 12.1. The van der Waals surface area contributed by atoms with Crippen LogP contribution in [0.15, 0.2) is 54.6 Å². The maximum absolute atomic E-state index is 13.3. The molecule has 0 unspecified atom stereocenters. The number of hydrazine groups is 1. The molecule has 0 bridgehead atoms. The Morgan fingerprint density at radius 1 is 0.892 bits per heavy atom. The molecule has 0 aromatic heterocycles. The van der Waals surface area contributed by atoms with E-state index in [1.807, 2.05) is 48.5 Å². The van der Waals surface area contributed by atoms with Gasteiger partial charge in [-0.2, -0.15) is 5.01 Å². The first kappa shape index (κ1) is 25.9. The third-order valence-corrected chi connectivity index (χ3v) is 5.88. The third kappa shape index (κ3) is 5.35. The zero-order valence-electron chi connectivity index (χ0n) is 21.8. The number of hydrogen-bond donors (Lipinski definition) is 1. The smallest absolute Gasteiger partial charge is 0.432 e. The predicted octanol–water partition coefficient (Wildman–Crippen LogP) is 5.60. The molecule has 37 heavy (non-hydrogen) atoms. The summed E-state index contributed by atoms with van der Waals surface area (Å²) in [5.41, 5.74) is 4.21. The molecule has 0 aliphatic carbocycles. The molecule has 1 N–H and O–H groups in total. The van der Waals surface area contributed by atoms with Crippen LogP contribution in [-0.2, 0) is 9.47 Å². The third-order valence-electron chi connectivity index (χ3n) is 5.88. The Morgan fingerprint density at radius 3 is 2.27 bits per heavy atom. The summed E-state index contributed by atoms with van der Waals surface area (Å²) in [4.78, 5) is 25.9. The molecule has 0 fully saturated rings. The van der Waals surface area contributed by atoms with Gasteiger partial charge in [0.1, 0.15) is 5.75 Å². The van der Waals surface area contributed by atoms with Gasteiger partial charge in [-0.3, -0.25) is 0 Å². The molecule has 196 valence electrons. The van der Waals surface area contributed by atoms with Gasteiger partial charge in [-0.1, -0.05) is 36.4 Å². The number of rotatable bonds is 6. The lowest BCUT2D eigenvalue weighted by Crippen LogP contribution is -2.55. The monoisotopic (exact) mass is 508 g/mol. The van der Waals surface area contributed by atoms with Crippen LogP contribution < -0.4 is 19.6 Å². The zero-order chi connectivity index (χ0) is 26.7. The SMILES string of the molecule is COc1ccc([C@H]2c3c(ccc4ccccc34)O[C@@H]2N(NC(=O)OC(C)C)C(=O)OC(C)C)cc1OC. The molecule has 1 aliphatic rings. The van der Waals surface area contributed by atoms with Crippen molar-refractivity contribution < 1.29 is 33.3 Å². The zero-order valence-corrected chi connectivity index (χ0v) is 21.8. The molecule has 2 atom stereocenters. The van der Waals surface area contributed by atoms with Crippen molar-refractivity contribution in [2.24, 2.45) is 0 Å². The minimum absolute atomic E-state index is 0.393. The van der Waals surface area contributed by atoms with Crippen molar-refractivity contribution in [3.8, 4) is 17.2 Å². The van der Waals surface area contributed by atoms with Gasteiger partial charge >= 0.3 is 12.2 Å². The van der Waals surface area contributed by atoms with Gasteiger partial charge in [0.15, 0.2) is 11.5 Å².